The summed E-state index contributed by atoms with van der Waals surface area (Å²) in [5, 5.41) is 0. The van der Waals surface area contributed by atoms with Crippen molar-refractivity contribution in [2.75, 3.05) is 12.4 Å². The second-order valence-electron chi connectivity index (χ2n) is 4.52. The minimum atomic E-state index is -4.83. The van der Waals surface area contributed by atoms with E-state index in [1.165, 1.54) is 6.92 Å². The third-order valence-electron chi connectivity index (χ3n) is 2.97. The summed E-state index contributed by atoms with van der Waals surface area (Å²) in [6.07, 6.45) is -4.83. The highest BCUT2D eigenvalue weighted by Gasteiger charge is 2.38. The molecular weight excluding hydrogens is 337 g/mol. The van der Waals surface area contributed by atoms with E-state index < -0.39 is 35.6 Å². The number of hydrogen-bond donors (Lipinski definition) is 0. The van der Waals surface area contributed by atoms with Gasteiger partial charge in [0.15, 0.2) is 5.78 Å². The topological polar surface area (TPSA) is 69.7 Å². The fraction of sp³-hybridized carbons (Fsp3) is 0.357. The number of fused-ring (bicyclic) bond motifs is 1. The van der Waals surface area contributed by atoms with Crippen LogP contribution in [0.2, 0.25) is 0 Å². The molecule has 9 heteroatoms. The molecule has 0 radical (unpaired) electrons. The summed E-state index contributed by atoms with van der Waals surface area (Å²) in [7, 11) is 0. The zero-order chi connectivity index (χ0) is 17.2. The molecule has 0 spiro atoms. The van der Waals surface area contributed by atoms with Crippen molar-refractivity contribution in [2.24, 2.45) is 5.92 Å². The van der Waals surface area contributed by atoms with Crippen LogP contribution < -0.4 is 4.74 Å². The van der Waals surface area contributed by atoms with Gasteiger partial charge in [0.05, 0.1) is 6.61 Å². The van der Waals surface area contributed by atoms with Gasteiger partial charge in [0.2, 0.25) is 0 Å². The first-order chi connectivity index (χ1) is 10.7. The standard InChI is InChI=1S/C14H11F3O5S/c1-2-21-13(20)12(19)9-6-23-10-5-7(22-14(15,16)17)3-4-8(10)11(9)18/h3-5,9H,2,6H2,1H3. The first kappa shape index (κ1) is 17.3. The Hall–Kier alpha value is -2.03. The average molecular weight is 348 g/mol. The van der Waals surface area contributed by atoms with Gasteiger partial charge in [0.1, 0.15) is 11.7 Å². The summed E-state index contributed by atoms with van der Waals surface area (Å²) < 4.78 is 44.9. The molecule has 0 aliphatic carbocycles. The molecule has 1 heterocycles. The molecule has 0 amide bonds. The van der Waals surface area contributed by atoms with Crippen LogP contribution in [0.1, 0.15) is 17.3 Å². The van der Waals surface area contributed by atoms with Gasteiger partial charge >= 0.3 is 12.3 Å². The fourth-order valence-electron chi connectivity index (χ4n) is 2.00. The van der Waals surface area contributed by atoms with Crippen LogP contribution in [0.3, 0.4) is 0 Å². The number of carbonyl (C=O) groups is 3. The van der Waals surface area contributed by atoms with Crippen LogP contribution in [0.25, 0.3) is 0 Å². The predicted molar refractivity (Wildman–Crippen MR) is 73.3 cm³/mol. The molecular formula is C14H11F3O5S. The molecule has 0 aromatic heterocycles. The number of alkyl halides is 3. The van der Waals surface area contributed by atoms with Crippen LogP contribution in [0.5, 0.6) is 5.75 Å². The van der Waals surface area contributed by atoms with Crippen molar-refractivity contribution in [2.45, 2.75) is 18.2 Å². The van der Waals surface area contributed by atoms with Crippen molar-refractivity contribution >= 4 is 29.3 Å². The number of benzene rings is 1. The van der Waals surface area contributed by atoms with Crippen molar-refractivity contribution in [3.8, 4) is 5.75 Å². The Morgan fingerprint density at radius 3 is 2.65 bits per heavy atom. The Morgan fingerprint density at radius 2 is 2.04 bits per heavy atom. The Balaban J connectivity index is 2.21. The molecule has 0 N–H and O–H groups in total. The van der Waals surface area contributed by atoms with Crippen LogP contribution in [0, 0.1) is 5.92 Å². The van der Waals surface area contributed by atoms with E-state index in [4.69, 9.17) is 0 Å². The van der Waals surface area contributed by atoms with E-state index in [1.54, 1.807) is 0 Å². The maximum Gasteiger partial charge on any atom is 0.573 e. The van der Waals surface area contributed by atoms with Crippen molar-refractivity contribution in [3.63, 3.8) is 0 Å². The van der Waals surface area contributed by atoms with Gasteiger partial charge in [-0.25, -0.2) is 4.79 Å². The highest BCUT2D eigenvalue weighted by Crippen LogP contribution is 2.37. The third-order valence-corrected chi connectivity index (χ3v) is 4.12. The Bertz CT molecular complexity index is 656. The van der Waals surface area contributed by atoms with Crippen molar-refractivity contribution < 1.29 is 37.0 Å². The van der Waals surface area contributed by atoms with E-state index in [0.717, 1.165) is 30.0 Å². The summed E-state index contributed by atoms with van der Waals surface area (Å²) in [4.78, 5) is 35.8. The van der Waals surface area contributed by atoms with E-state index in [9.17, 15) is 27.6 Å². The number of rotatable bonds is 4. The van der Waals surface area contributed by atoms with Crippen LogP contribution in [0.15, 0.2) is 23.1 Å². The van der Waals surface area contributed by atoms with E-state index in [1.807, 2.05) is 0 Å². The highest BCUT2D eigenvalue weighted by atomic mass is 32.2. The molecule has 1 aliphatic heterocycles. The number of thioether (sulfide) groups is 1. The lowest BCUT2D eigenvalue weighted by molar-refractivity contribution is -0.274. The molecule has 0 saturated carbocycles. The summed E-state index contributed by atoms with van der Waals surface area (Å²) in [5.41, 5.74) is 0.0819. The van der Waals surface area contributed by atoms with Crippen molar-refractivity contribution in [3.05, 3.63) is 23.8 Å². The maximum atomic E-state index is 12.3. The van der Waals surface area contributed by atoms with Crippen LogP contribution >= 0.6 is 11.8 Å². The lowest BCUT2D eigenvalue weighted by Gasteiger charge is -2.21. The van der Waals surface area contributed by atoms with Crippen LogP contribution in [-0.2, 0) is 14.3 Å². The molecule has 5 nitrogen and oxygen atoms in total. The first-order valence-electron chi connectivity index (χ1n) is 6.50. The minimum absolute atomic E-state index is 0.00730. The summed E-state index contributed by atoms with van der Waals surface area (Å²) in [6, 6.07) is 3.22. The molecule has 0 bridgehead atoms. The van der Waals surface area contributed by atoms with Gasteiger partial charge in [-0.05, 0) is 25.1 Å². The number of ether oxygens (including phenoxy) is 2. The van der Waals surface area contributed by atoms with Gasteiger partial charge in [-0.1, -0.05) is 0 Å². The van der Waals surface area contributed by atoms with Gasteiger partial charge in [0.25, 0.3) is 5.78 Å². The number of carbonyl (C=O) groups excluding carboxylic acids is 3. The first-order valence-corrected chi connectivity index (χ1v) is 7.49. The molecule has 0 fully saturated rings. The molecule has 1 atom stereocenters. The zero-order valence-corrected chi connectivity index (χ0v) is 12.6. The van der Waals surface area contributed by atoms with Crippen LogP contribution in [0.4, 0.5) is 13.2 Å². The normalized spacial score (nSPS) is 17.4. The SMILES string of the molecule is CCOC(=O)C(=O)C1CSc2cc(OC(F)(F)F)ccc2C1=O. The highest BCUT2D eigenvalue weighted by molar-refractivity contribution is 7.99. The van der Waals surface area contributed by atoms with Gasteiger partial charge < -0.3 is 9.47 Å². The summed E-state index contributed by atoms with van der Waals surface area (Å²) >= 11 is 1.01. The van der Waals surface area contributed by atoms with Crippen molar-refractivity contribution in [1.29, 1.82) is 0 Å². The Kier molecular flexibility index (Phi) is 4.98. The molecule has 124 valence electrons. The molecule has 1 unspecified atom stereocenters. The van der Waals surface area contributed by atoms with E-state index in [-0.39, 0.29) is 22.8 Å². The van der Waals surface area contributed by atoms with Gasteiger partial charge in [0, 0.05) is 16.2 Å². The monoisotopic (exact) mass is 348 g/mol. The summed E-state index contributed by atoms with van der Waals surface area (Å²) in [6.45, 7) is 1.54. The lowest BCUT2D eigenvalue weighted by Crippen LogP contribution is -2.35. The second kappa shape index (κ2) is 6.61. The van der Waals surface area contributed by atoms with E-state index in [2.05, 4.69) is 9.47 Å². The second-order valence-corrected chi connectivity index (χ2v) is 5.58. The fourth-order valence-corrected chi connectivity index (χ4v) is 3.17. The lowest BCUT2D eigenvalue weighted by atomic mass is 9.94. The number of ketones is 2. The molecule has 1 aromatic rings. The Labute approximate surface area is 133 Å². The van der Waals surface area contributed by atoms with Crippen LogP contribution in [-0.4, -0.2) is 36.3 Å². The number of esters is 1. The molecule has 0 saturated heterocycles. The summed E-state index contributed by atoms with van der Waals surface area (Å²) in [5.74, 6) is -4.35. The van der Waals surface area contributed by atoms with Gasteiger partial charge in [-0.15, -0.1) is 24.9 Å². The third kappa shape index (κ3) is 4.04. The number of halogens is 3. The van der Waals surface area contributed by atoms with E-state index >= 15 is 0 Å². The minimum Gasteiger partial charge on any atom is -0.460 e. The average Bonchev–Trinajstić information content (AvgIpc) is 2.45. The smallest absolute Gasteiger partial charge is 0.460 e. The molecule has 1 aliphatic rings. The maximum absolute atomic E-state index is 12.3. The number of Topliss-reactive ketones (excluding diaryl/α,β-unsaturated/α-hetero) is 2. The largest absolute Gasteiger partial charge is 0.573 e. The molecule has 1 aromatic carbocycles. The Morgan fingerprint density at radius 1 is 1.35 bits per heavy atom. The predicted octanol–water partition coefficient (Wildman–Crippen LogP) is 2.62. The van der Waals surface area contributed by atoms with Gasteiger partial charge in [-0.3, -0.25) is 9.59 Å². The van der Waals surface area contributed by atoms with E-state index in [0.29, 0.717) is 0 Å². The van der Waals surface area contributed by atoms with Gasteiger partial charge in [-0.2, -0.15) is 0 Å². The quantitative estimate of drug-likeness (QED) is 0.473. The molecule has 2 rings (SSSR count). The molecule has 23 heavy (non-hydrogen) atoms. The van der Waals surface area contributed by atoms with Crippen molar-refractivity contribution in [1.82, 2.24) is 0 Å². The number of hydrogen-bond acceptors (Lipinski definition) is 6. The zero-order valence-electron chi connectivity index (χ0n) is 11.8.